The van der Waals surface area contributed by atoms with Crippen molar-refractivity contribution in [1.82, 2.24) is 0 Å². The number of hydrogen-bond donors (Lipinski definition) is 0. The highest BCUT2D eigenvalue weighted by molar-refractivity contribution is 6.03. The van der Waals surface area contributed by atoms with E-state index in [2.05, 4.69) is 6.92 Å². The first-order valence-corrected chi connectivity index (χ1v) is 13.4. The van der Waals surface area contributed by atoms with E-state index >= 15 is 0 Å². The maximum atomic E-state index is 13.8. The van der Waals surface area contributed by atoms with Gasteiger partial charge in [-0.2, -0.15) is 0 Å². The summed E-state index contributed by atoms with van der Waals surface area (Å²) >= 11 is 0. The molecule has 0 aliphatic carbocycles. The Hall–Kier alpha value is -2.76. The SMILES string of the molecule is CCCCCCCCCCCCCCCOC(=O)c1ccccc1C(=O)OCc1cc(F)ccc1F. The summed E-state index contributed by atoms with van der Waals surface area (Å²) in [7, 11) is 0. The summed E-state index contributed by atoms with van der Waals surface area (Å²) in [4.78, 5) is 25.0. The second kappa shape index (κ2) is 17.6. The molecule has 36 heavy (non-hydrogen) atoms. The van der Waals surface area contributed by atoms with E-state index < -0.39 is 30.2 Å². The third-order valence-electron chi connectivity index (χ3n) is 6.21. The Kier molecular flexibility index (Phi) is 14.4. The molecule has 2 aromatic carbocycles. The highest BCUT2D eigenvalue weighted by Gasteiger charge is 2.19. The van der Waals surface area contributed by atoms with Gasteiger partial charge in [-0.05, 0) is 36.8 Å². The standard InChI is InChI=1S/C30H40F2O4/c1-2-3-4-5-6-7-8-9-10-11-12-13-16-21-35-29(33)26-17-14-15-18-27(26)30(34)36-23-24-22-25(31)19-20-28(24)32/h14-15,17-20,22H,2-13,16,21,23H2,1H3. The van der Waals surface area contributed by atoms with Crippen molar-refractivity contribution in [1.29, 1.82) is 0 Å². The van der Waals surface area contributed by atoms with E-state index in [0.717, 1.165) is 37.5 Å². The Morgan fingerprint density at radius 3 is 1.72 bits per heavy atom. The molecule has 2 aromatic rings. The van der Waals surface area contributed by atoms with Crippen molar-refractivity contribution >= 4 is 11.9 Å². The van der Waals surface area contributed by atoms with Crippen LogP contribution in [-0.2, 0) is 16.1 Å². The molecular weight excluding hydrogens is 462 g/mol. The largest absolute Gasteiger partial charge is 0.462 e. The van der Waals surface area contributed by atoms with Gasteiger partial charge in [0.05, 0.1) is 17.7 Å². The Morgan fingerprint density at radius 2 is 1.17 bits per heavy atom. The molecule has 0 bridgehead atoms. The maximum Gasteiger partial charge on any atom is 0.339 e. The number of benzene rings is 2. The van der Waals surface area contributed by atoms with Crippen molar-refractivity contribution < 1.29 is 27.8 Å². The van der Waals surface area contributed by atoms with E-state index in [1.165, 1.54) is 76.3 Å². The van der Waals surface area contributed by atoms with Crippen molar-refractivity contribution in [2.45, 2.75) is 97.0 Å². The molecular formula is C30H40F2O4. The fourth-order valence-corrected chi connectivity index (χ4v) is 4.08. The van der Waals surface area contributed by atoms with Crippen LogP contribution in [0.3, 0.4) is 0 Å². The normalized spacial score (nSPS) is 10.9. The summed E-state index contributed by atoms with van der Waals surface area (Å²) in [6.45, 7) is 2.09. The molecule has 0 saturated carbocycles. The van der Waals surface area contributed by atoms with E-state index in [9.17, 15) is 18.4 Å². The molecule has 0 aliphatic heterocycles. The van der Waals surface area contributed by atoms with Crippen molar-refractivity contribution in [3.63, 3.8) is 0 Å². The molecule has 0 atom stereocenters. The Bertz CT molecular complexity index is 929. The van der Waals surface area contributed by atoms with Crippen molar-refractivity contribution in [3.05, 3.63) is 70.8 Å². The molecule has 0 heterocycles. The van der Waals surface area contributed by atoms with Crippen molar-refractivity contribution in [2.75, 3.05) is 6.61 Å². The summed E-state index contributed by atoms with van der Waals surface area (Å²) in [5.41, 5.74) is 0.0485. The summed E-state index contributed by atoms with van der Waals surface area (Å²) in [6, 6.07) is 9.10. The Labute approximate surface area is 214 Å². The fraction of sp³-hybridized carbons (Fsp3) is 0.533. The van der Waals surface area contributed by atoms with Gasteiger partial charge in [-0.25, -0.2) is 18.4 Å². The van der Waals surface area contributed by atoms with Crippen LogP contribution in [0.25, 0.3) is 0 Å². The fourth-order valence-electron chi connectivity index (χ4n) is 4.08. The minimum Gasteiger partial charge on any atom is -0.462 e. The molecule has 2 rings (SSSR count). The molecule has 0 aromatic heterocycles. The van der Waals surface area contributed by atoms with Gasteiger partial charge in [0.25, 0.3) is 0 Å². The van der Waals surface area contributed by atoms with Crippen molar-refractivity contribution in [3.8, 4) is 0 Å². The van der Waals surface area contributed by atoms with E-state index in [-0.39, 0.29) is 23.3 Å². The van der Waals surface area contributed by atoms with E-state index in [4.69, 9.17) is 9.47 Å². The lowest BCUT2D eigenvalue weighted by atomic mass is 10.0. The third-order valence-corrected chi connectivity index (χ3v) is 6.21. The molecule has 6 heteroatoms. The lowest BCUT2D eigenvalue weighted by molar-refractivity contribution is 0.0433. The molecule has 0 fully saturated rings. The monoisotopic (exact) mass is 502 g/mol. The van der Waals surface area contributed by atoms with Crippen molar-refractivity contribution in [2.24, 2.45) is 0 Å². The predicted molar refractivity (Wildman–Crippen MR) is 138 cm³/mol. The predicted octanol–water partition coefficient (Wildman–Crippen LogP) is 8.57. The maximum absolute atomic E-state index is 13.8. The molecule has 0 saturated heterocycles. The first-order chi connectivity index (χ1) is 17.5. The van der Waals surface area contributed by atoms with Crippen LogP contribution in [0, 0.1) is 11.6 Å². The first kappa shape index (κ1) is 29.5. The Morgan fingerprint density at radius 1 is 0.667 bits per heavy atom. The average molecular weight is 503 g/mol. The van der Waals surface area contributed by atoms with Crippen LogP contribution >= 0.6 is 0 Å². The van der Waals surface area contributed by atoms with Gasteiger partial charge in [-0.1, -0.05) is 96.1 Å². The van der Waals surface area contributed by atoms with Gasteiger partial charge in [0.2, 0.25) is 0 Å². The number of carbonyl (C=O) groups is 2. The van der Waals surface area contributed by atoms with Gasteiger partial charge in [-0.15, -0.1) is 0 Å². The first-order valence-electron chi connectivity index (χ1n) is 13.4. The van der Waals surface area contributed by atoms with Gasteiger partial charge in [0.15, 0.2) is 0 Å². The van der Waals surface area contributed by atoms with Crippen LogP contribution in [-0.4, -0.2) is 18.5 Å². The highest BCUT2D eigenvalue weighted by atomic mass is 19.1. The number of hydrogen-bond acceptors (Lipinski definition) is 4. The molecule has 198 valence electrons. The lowest BCUT2D eigenvalue weighted by Crippen LogP contribution is -2.14. The summed E-state index contributed by atoms with van der Waals surface area (Å²) in [6.07, 6.45) is 16.0. The zero-order valence-electron chi connectivity index (χ0n) is 21.5. The third kappa shape index (κ3) is 11.3. The smallest absolute Gasteiger partial charge is 0.339 e. The minimum atomic E-state index is -0.799. The summed E-state index contributed by atoms with van der Waals surface area (Å²) in [5.74, 6) is -2.69. The molecule has 0 unspecified atom stereocenters. The van der Waals surface area contributed by atoms with E-state index in [1.54, 1.807) is 12.1 Å². The molecule has 0 radical (unpaired) electrons. The van der Waals surface area contributed by atoms with Gasteiger partial charge in [0, 0.05) is 5.56 Å². The zero-order valence-corrected chi connectivity index (χ0v) is 21.5. The van der Waals surface area contributed by atoms with Gasteiger partial charge >= 0.3 is 11.9 Å². The average Bonchev–Trinajstić information content (AvgIpc) is 2.89. The number of unbranched alkanes of at least 4 members (excludes halogenated alkanes) is 12. The Balaban J connectivity index is 1.62. The quantitative estimate of drug-likeness (QED) is 0.151. The van der Waals surface area contributed by atoms with Crippen LogP contribution in [0.5, 0.6) is 0 Å². The number of halogens is 2. The van der Waals surface area contributed by atoms with Gasteiger partial charge < -0.3 is 9.47 Å². The van der Waals surface area contributed by atoms with Crippen LogP contribution in [0.15, 0.2) is 42.5 Å². The molecule has 0 amide bonds. The van der Waals surface area contributed by atoms with Gasteiger partial charge in [-0.3, -0.25) is 0 Å². The highest BCUT2D eigenvalue weighted by Crippen LogP contribution is 2.16. The number of carbonyl (C=O) groups excluding carboxylic acids is 2. The molecule has 0 N–H and O–H groups in total. The number of esters is 2. The molecule has 0 aliphatic rings. The summed E-state index contributed by atoms with van der Waals surface area (Å²) in [5, 5.41) is 0. The van der Waals surface area contributed by atoms with E-state index in [0.29, 0.717) is 0 Å². The zero-order chi connectivity index (χ0) is 26.0. The second-order valence-corrected chi connectivity index (χ2v) is 9.24. The summed E-state index contributed by atoms with van der Waals surface area (Å²) < 4.78 is 37.6. The van der Waals surface area contributed by atoms with Crippen LogP contribution in [0.4, 0.5) is 8.78 Å². The molecule has 4 nitrogen and oxygen atoms in total. The van der Waals surface area contributed by atoms with E-state index in [1.807, 2.05) is 0 Å². The lowest BCUT2D eigenvalue weighted by Gasteiger charge is -2.10. The molecule has 0 spiro atoms. The van der Waals surface area contributed by atoms with Crippen LogP contribution < -0.4 is 0 Å². The minimum absolute atomic E-state index is 0.0321. The second-order valence-electron chi connectivity index (χ2n) is 9.24. The number of rotatable bonds is 18. The number of ether oxygens (including phenoxy) is 2. The topological polar surface area (TPSA) is 52.6 Å². The van der Waals surface area contributed by atoms with Gasteiger partial charge in [0.1, 0.15) is 18.2 Å². The van der Waals surface area contributed by atoms with Crippen LogP contribution in [0.2, 0.25) is 0 Å². The van der Waals surface area contributed by atoms with Crippen LogP contribution in [0.1, 0.15) is 117 Å².